The zero-order chi connectivity index (χ0) is 26.4. The molecule has 0 saturated heterocycles. The minimum Gasteiger partial charge on any atom is -0.507 e. The molecule has 38 heavy (non-hydrogen) atoms. The van der Waals surface area contributed by atoms with Crippen molar-refractivity contribution in [1.82, 2.24) is 9.97 Å². The molecule has 2 heterocycles. The van der Waals surface area contributed by atoms with E-state index in [1.54, 1.807) is 36.7 Å². The minimum absolute atomic E-state index is 0.132. The molecule has 6 rings (SSSR count). The van der Waals surface area contributed by atoms with Crippen molar-refractivity contribution in [2.75, 3.05) is 0 Å². The number of nitrogens with zero attached hydrogens (tertiary/aromatic N) is 2. The van der Waals surface area contributed by atoms with E-state index in [2.05, 4.69) is 9.97 Å². The smallest absolute Gasteiger partial charge is 0.193 e. The van der Waals surface area contributed by atoms with Crippen LogP contribution in [0.4, 0.5) is 0 Å². The summed E-state index contributed by atoms with van der Waals surface area (Å²) in [6, 6.07) is 25.9. The van der Waals surface area contributed by atoms with Crippen LogP contribution in [0.5, 0.6) is 11.5 Å². The van der Waals surface area contributed by atoms with Gasteiger partial charge in [0.15, 0.2) is 5.78 Å². The van der Waals surface area contributed by atoms with E-state index in [0.717, 1.165) is 32.7 Å². The number of hydrogen-bond acceptors (Lipinski definition) is 5. The number of carbonyl (C=O) groups excluding carboxylic acids is 1. The first-order chi connectivity index (χ1) is 18.4. The minimum atomic E-state index is -0.205. The Labute approximate surface area is 219 Å². The quantitative estimate of drug-likeness (QED) is 0.249. The Balaban J connectivity index is 1.37. The van der Waals surface area contributed by atoms with E-state index in [9.17, 15) is 15.0 Å². The van der Waals surface area contributed by atoms with E-state index in [-0.39, 0.29) is 17.3 Å². The van der Waals surface area contributed by atoms with Crippen LogP contribution in [0.25, 0.3) is 44.1 Å². The van der Waals surface area contributed by atoms with Crippen LogP contribution in [0.1, 0.15) is 27.0 Å². The van der Waals surface area contributed by atoms with Gasteiger partial charge in [0.2, 0.25) is 0 Å². The number of ketones is 1. The van der Waals surface area contributed by atoms with Gasteiger partial charge in [0.1, 0.15) is 11.5 Å². The van der Waals surface area contributed by atoms with Crippen LogP contribution in [0.2, 0.25) is 0 Å². The highest BCUT2D eigenvalue weighted by atomic mass is 16.3. The number of aromatic nitrogens is 2. The van der Waals surface area contributed by atoms with Gasteiger partial charge in [-0.15, -0.1) is 0 Å². The lowest BCUT2D eigenvalue weighted by Gasteiger charge is -2.11. The molecule has 0 saturated carbocycles. The molecular formula is C33H24N2O3. The summed E-state index contributed by atoms with van der Waals surface area (Å²) in [6.45, 7) is 4.02. The lowest BCUT2D eigenvalue weighted by Crippen LogP contribution is -2.03. The molecule has 5 nitrogen and oxygen atoms in total. The van der Waals surface area contributed by atoms with Crippen LogP contribution >= 0.6 is 0 Å². The fourth-order valence-electron chi connectivity index (χ4n) is 4.88. The van der Waals surface area contributed by atoms with Crippen molar-refractivity contribution in [3.05, 3.63) is 120 Å². The molecule has 2 N–H and O–H groups in total. The number of rotatable bonds is 4. The van der Waals surface area contributed by atoms with Crippen molar-refractivity contribution in [3.8, 4) is 34.0 Å². The molecule has 0 aliphatic carbocycles. The van der Waals surface area contributed by atoms with Gasteiger partial charge in [-0.05, 0) is 61.0 Å². The molecule has 0 fully saturated rings. The number of aromatic hydroxyl groups is 2. The summed E-state index contributed by atoms with van der Waals surface area (Å²) < 4.78 is 0. The summed E-state index contributed by atoms with van der Waals surface area (Å²) in [5.41, 5.74) is 5.23. The van der Waals surface area contributed by atoms with E-state index in [4.69, 9.17) is 0 Å². The highest BCUT2D eigenvalue weighted by Crippen LogP contribution is 2.37. The third kappa shape index (κ3) is 4.04. The molecule has 0 unspecified atom stereocenters. The Kier molecular flexibility index (Phi) is 5.61. The summed E-state index contributed by atoms with van der Waals surface area (Å²) in [7, 11) is 0. The van der Waals surface area contributed by atoms with Crippen molar-refractivity contribution in [1.29, 1.82) is 0 Å². The number of phenolic OH excluding ortho intramolecular Hbond substituents is 2. The van der Waals surface area contributed by atoms with E-state index >= 15 is 0 Å². The SMILES string of the molecule is Cc1ccc2c(O)c(-c3cc(C(=O)c4ccnc(-c5ccc6cc(C)ccc6c5O)c4)ccn3)ccc2c1. The number of fused-ring (bicyclic) bond motifs is 2. The molecule has 0 radical (unpaired) electrons. The Hall–Kier alpha value is -5.03. The fourth-order valence-corrected chi connectivity index (χ4v) is 4.88. The van der Waals surface area contributed by atoms with E-state index in [0.29, 0.717) is 33.6 Å². The third-order valence-electron chi connectivity index (χ3n) is 6.89. The zero-order valence-electron chi connectivity index (χ0n) is 20.9. The van der Waals surface area contributed by atoms with Crippen LogP contribution in [0.15, 0.2) is 97.3 Å². The Bertz CT molecular complexity index is 1760. The first-order valence-corrected chi connectivity index (χ1v) is 12.3. The van der Waals surface area contributed by atoms with Gasteiger partial charge in [0.25, 0.3) is 0 Å². The first-order valence-electron chi connectivity index (χ1n) is 12.3. The van der Waals surface area contributed by atoms with E-state index in [1.165, 1.54) is 0 Å². The van der Waals surface area contributed by atoms with E-state index < -0.39 is 0 Å². The predicted molar refractivity (Wildman–Crippen MR) is 151 cm³/mol. The molecule has 0 amide bonds. The lowest BCUT2D eigenvalue weighted by molar-refractivity contribution is 0.103. The molecule has 0 spiro atoms. The Morgan fingerprint density at radius 1 is 0.579 bits per heavy atom. The summed E-state index contributed by atoms with van der Waals surface area (Å²) in [4.78, 5) is 22.4. The lowest BCUT2D eigenvalue weighted by atomic mass is 9.97. The molecule has 2 aromatic heterocycles. The molecule has 6 aromatic rings. The van der Waals surface area contributed by atoms with Gasteiger partial charge in [-0.2, -0.15) is 0 Å². The molecule has 0 bridgehead atoms. The largest absolute Gasteiger partial charge is 0.507 e. The monoisotopic (exact) mass is 496 g/mol. The zero-order valence-corrected chi connectivity index (χ0v) is 20.9. The maximum atomic E-state index is 13.5. The van der Waals surface area contributed by atoms with Crippen LogP contribution in [-0.2, 0) is 0 Å². The Morgan fingerprint density at radius 3 is 1.47 bits per heavy atom. The maximum absolute atomic E-state index is 13.5. The van der Waals surface area contributed by atoms with Crippen LogP contribution in [0.3, 0.4) is 0 Å². The van der Waals surface area contributed by atoms with Gasteiger partial charge in [-0.3, -0.25) is 14.8 Å². The van der Waals surface area contributed by atoms with Gasteiger partial charge in [0, 0.05) is 45.4 Å². The highest BCUT2D eigenvalue weighted by molar-refractivity contribution is 6.10. The second-order valence-corrected chi connectivity index (χ2v) is 9.56. The molecule has 5 heteroatoms. The molecule has 4 aromatic carbocycles. The molecule has 0 aliphatic rings. The molecular weight excluding hydrogens is 472 g/mol. The van der Waals surface area contributed by atoms with Gasteiger partial charge in [-0.25, -0.2) is 0 Å². The van der Waals surface area contributed by atoms with Crippen molar-refractivity contribution in [3.63, 3.8) is 0 Å². The number of carbonyl (C=O) groups is 1. The second-order valence-electron chi connectivity index (χ2n) is 9.56. The predicted octanol–water partition coefficient (Wildman–Crippen LogP) is 7.38. The average Bonchev–Trinajstić information content (AvgIpc) is 2.93. The molecule has 0 aliphatic heterocycles. The average molecular weight is 497 g/mol. The summed E-state index contributed by atoms with van der Waals surface area (Å²) in [6.07, 6.45) is 3.14. The second kappa shape index (κ2) is 9.12. The molecule has 0 atom stereocenters. The summed E-state index contributed by atoms with van der Waals surface area (Å²) in [5.74, 6) is 0.0599. The van der Waals surface area contributed by atoms with Crippen molar-refractivity contribution in [2.45, 2.75) is 13.8 Å². The number of benzene rings is 4. The van der Waals surface area contributed by atoms with Crippen LogP contribution in [-0.4, -0.2) is 26.0 Å². The number of aryl methyl sites for hydroxylation is 2. The van der Waals surface area contributed by atoms with Crippen molar-refractivity contribution < 1.29 is 15.0 Å². The standard InChI is InChI=1S/C33H24N2O3/c1-19-3-7-25-21(15-19)5-9-27(32(25)37)29-17-23(11-13-34-29)31(36)24-12-14-35-30(18-24)28-10-6-22-16-20(2)4-8-26(22)33(28)38/h3-18,37-38H,1-2H3. The van der Waals surface area contributed by atoms with Crippen LogP contribution < -0.4 is 0 Å². The van der Waals surface area contributed by atoms with E-state index in [1.807, 2.05) is 74.5 Å². The fraction of sp³-hybridized carbons (Fsp3) is 0.0606. The normalized spacial score (nSPS) is 11.2. The Morgan fingerprint density at radius 2 is 1.03 bits per heavy atom. The number of phenols is 2. The van der Waals surface area contributed by atoms with Gasteiger partial charge in [0.05, 0.1) is 11.4 Å². The summed E-state index contributed by atoms with van der Waals surface area (Å²) >= 11 is 0. The van der Waals surface area contributed by atoms with Crippen molar-refractivity contribution in [2.24, 2.45) is 0 Å². The topological polar surface area (TPSA) is 83.3 Å². The van der Waals surface area contributed by atoms with Gasteiger partial charge < -0.3 is 10.2 Å². The van der Waals surface area contributed by atoms with Gasteiger partial charge in [-0.1, -0.05) is 59.7 Å². The highest BCUT2D eigenvalue weighted by Gasteiger charge is 2.16. The van der Waals surface area contributed by atoms with Crippen LogP contribution in [0, 0.1) is 13.8 Å². The first kappa shape index (κ1) is 23.4. The maximum Gasteiger partial charge on any atom is 0.193 e. The molecule has 184 valence electrons. The van der Waals surface area contributed by atoms with Gasteiger partial charge >= 0.3 is 0 Å². The number of hydrogen-bond donors (Lipinski definition) is 2. The third-order valence-corrected chi connectivity index (χ3v) is 6.89. The van der Waals surface area contributed by atoms with Crippen molar-refractivity contribution >= 4 is 27.3 Å². The number of pyridine rings is 2. The summed E-state index contributed by atoms with van der Waals surface area (Å²) in [5, 5.41) is 25.3.